The Labute approximate surface area is 252 Å². The van der Waals surface area contributed by atoms with Gasteiger partial charge in [-0.25, -0.2) is 0 Å². The van der Waals surface area contributed by atoms with Crippen molar-refractivity contribution in [2.45, 2.75) is 69.1 Å². The van der Waals surface area contributed by atoms with E-state index in [2.05, 4.69) is 53.6 Å². The largest absolute Gasteiger partial charge is 0.490 e. The Balaban J connectivity index is 1.41. The molecule has 0 saturated heterocycles. The Morgan fingerprint density at radius 1 is 1.20 bits per heavy atom. The summed E-state index contributed by atoms with van der Waals surface area (Å²) in [5, 5.41) is 1.05. The van der Waals surface area contributed by atoms with E-state index in [4.69, 9.17) is 21.1 Å². The molecule has 1 spiro atoms. The van der Waals surface area contributed by atoms with Gasteiger partial charge in [-0.15, -0.1) is 0 Å². The number of nitrogens with zero attached hydrogens (tertiary/aromatic N) is 1. The summed E-state index contributed by atoms with van der Waals surface area (Å²) in [6, 6.07) is 12.3. The number of anilines is 1. The highest BCUT2D eigenvalue weighted by molar-refractivity contribution is 8.13. The van der Waals surface area contributed by atoms with Gasteiger partial charge < -0.3 is 19.1 Å². The number of hydrogen-bond acceptors (Lipinski definition) is 4. The first kappa shape index (κ1) is 28.8. The van der Waals surface area contributed by atoms with Crippen LogP contribution in [0.4, 0.5) is 5.69 Å². The van der Waals surface area contributed by atoms with Crippen LogP contribution in [0.1, 0.15) is 67.4 Å². The average Bonchev–Trinajstić information content (AvgIpc) is 3.10. The third-order valence-corrected chi connectivity index (χ3v) is 12.3. The van der Waals surface area contributed by atoms with Crippen molar-refractivity contribution in [2.24, 2.45) is 17.8 Å². The van der Waals surface area contributed by atoms with Crippen molar-refractivity contribution in [2.75, 3.05) is 31.7 Å². The van der Waals surface area contributed by atoms with Crippen LogP contribution in [0.2, 0.25) is 5.02 Å². The number of methoxy groups -OCH3 is 1. The summed E-state index contributed by atoms with van der Waals surface area (Å²) in [6.45, 7) is 6.82. The van der Waals surface area contributed by atoms with Gasteiger partial charge in [-0.3, -0.25) is 4.79 Å². The number of amides is 1. The average molecular weight is 595 g/mol. The normalized spacial score (nSPS) is 34.3. The molecule has 7 heteroatoms. The molecule has 1 N–H and O–H groups in total. The Hall–Kier alpha value is -2.28. The molecule has 6 rings (SSSR count). The second-order valence-electron chi connectivity index (χ2n) is 12.7. The summed E-state index contributed by atoms with van der Waals surface area (Å²) >= 11 is 6.43. The maximum atomic E-state index is 13.5. The maximum absolute atomic E-state index is 13.5. The Morgan fingerprint density at radius 2 is 2.05 bits per heavy atom. The monoisotopic (exact) mass is 594 g/mol. The van der Waals surface area contributed by atoms with Crippen molar-refractivity contribution in [3.05, 3.63) is 70.3 Å². The highest BCUT2D eigenvalue weighted by Gasteiger charge is 2.44. The zero-order valence-electron chi connectivity index (χ0n) is 24.5. The molecule has 0 radical (unpaired) electrons. The number of aryl methyl sites for hydroxylation is 1. The summed E-state index contributed by atoms with van der Waals surface area (Å²) in [7, 11) is 1.34. The first-order valence-corrected chi connectivity index (χ1v) is 17.0. The number of carbonyl (C=O) groups is 1. The first-order chi connectivity index (χ1) is 19.8. The van der Waals surface area contributed by atoms with Crippen LogP contribution in [0.3, 0.4) is 0 Å². The molecule has 220 valence electrons. The fraction of sp³-hybridized carbons (Fsp3) is 0.529. The number of hydrogen-bond donors (Lipinski definition) is 1. The minimum absolute atomic E-state index is 0.0645. The molecule has 2 aromatic rings. The highest BCUT2D eigenvalue weighted by atomic mass is 35.5. The minimum atomic E-state index is -0.501. The number of rotatable bonds is 1. The molecule has 41 heavy (non-hydrogen) atoms. The van der Waals surface area contributed by atoms with E-state index in [1.54, 1.807) is 0 Å². The summed E-state index contributed by atoms with van der Waals surface area (Å²) in [5.41, 5.74) is 4.24. The van der Waals surface area contributed by atoms with E-state index in [9.17, 15) is 4.79 Å². The van der Waals surface area contributed by atoms with Gasteiger partial charge >= 0.3 is 0 Å². The molecule has 7 atom stereocenters. The standard InChI is InChI=1S/C34H43ClN2O3S/c1-22-7-5-9-31(39-3)28-13-10-26(28)19-37-20-34(16-6-8-24-17-27(35)12-14-29(24)34)21-40-32-15-11-25(18-30(32)37)33(38)36-41(4)23(22)2/h5,9,11-12,14-15,17-18,22-23,26,28,31H,4,6-8,10,13,16,19-21H2,1-3H3,(H,36,38)/b9-5+/t22?,23?,26?,28?,31?,34-,41?/m0/s1. The van der Waals surface area contributed by atoms with Gasteiger partial charge in [-0.2, -0.15) is 0 Å². The van der Waals surface area contributed by atoms with E-state index < -0.39 is 10.7 Å². The van der Waals surface area contributed by atoms with Gasteiger partial charge in [0.05, 0.1) is 18.4 Å². The third kappa shape index (κ3) is 5.60. The molecule has 1 amide bonds. The second kappa shape index (κ2) is 11.8. The number of fused-ring (bicyclic) bond motifs is 4. The Bertz CT molecular complexity index is 1360. The van der Waals surface area contributed by atoms with E-state index in [0.717, 1.165) is 55.2 Å². The molecule has 0 aromatic heterocycles. The number of ether oxygens (including phenoxy) is 2. The fourth-order valence-electron chi connectivity index (χ4n) is 7.36. The lowest BCUT2D eigenvalue weighted by molar-refractivity contribution is 0.0131. The predicted molar refractivity (Wildman–Crippen MR) is 172 cm³/mol. The van der Waals surface area contributed by atoms with E-state index >= 15 is 0 Å². The first-order valence-electron chi connectivity index (χ1n) is 15.1. The summed E-state index contributed by atoms with van der Waals surface area (Å²) in [4.78, 5) is 16.0. The smallest absolute Gasteiger partial charge is 0.260 e. The van der Waals surface area contributed by atoms with E-state index in [-0.39, 0.29) is 22.7 Å². The summed E-state index contributed by atoms with van der Waals surface area (Å²) in [5.74, 6) is 6.52. The third-order valence-electron chi connectivity index (χ3n) is 10.2. The highest BCUT2D eigenvalue weighted by Crippen LogP contribution is 2.47. The van der Waals surface area contributed by atoms with Crippen LogP contribution < -0.4 is 14.4 Å². The molecule has 6 unspecified atom stereocenters. The predicted octanol–water partition coefficient (Wildman–Crippen LogP) is 7.18. The van der Waals surface area contributed by atoms with Crippen molar-refractivity contribution in [3.8, 4) is 5.75 Å². The van der Waals surface area contributed by atoms with Crippen molar-refractivity contribution in [3.63, 3.8) is 0 Å². The van der Waals surface area contributed by atoms with Crippen molar-refractivity contribution < 1.29 is 14.3 Å². The summed E-state index contributed by atoms with van der Waals surface area (Å²) in [6.07, 6.45) is 11.2. The quantitative estimate of drug-likeness (QED) is 0.281. The Morgan fingerprint density at radius 3 is 2.83 bits per heavy atom. The molecule has 5 nitrogen and oxygen atoms in total. The maximum Gasteiger partial charge on any atom is 0.260 e. The second-order valence-corrected chi connectivity index (χ2v) is 14.9. The SMILES string of the molecule is C=S1NC(=O)c2ccc3c(c2)N(CC2CCC2C(OC)/C=C/CC(C)C1C)C[C@@]1(CCCc2cc(Cl)ccc21)CO3. The van der Waals surface area contributed by atoms with Crippen molar-refractivity contribution in [1.82, 2.24) is 4.72 Å². The van der Waals surface area contributed by atoms with Gasteiger partial charge in [0.2, 0.25) is 0 Å². The van der Waals surface area contributed by atoms with Gasteiger partial charge in [0, 0.05) is 41.5 Å². The minimum Gasteiger partial charge on any atom is -0.490 e. The van der Waals surface area contributed by atoms with Crippen LogP contribution in [-0.2, 0) is 16.6 Å². The van der Waals surface area contributed by atoms with E-state index in [1.807, 2.05) is 31.4 Å². The molecular formula is C34H43ClN2O3S. The molecule has 1 fully saturated rings. The van der Waals surface area contributed by atoms with Crippen LogP contribution in [-0.4, -0.2) is 49.9 Å². The summed E-state index contributed by atoms with van der Waals surface area (Å²) < 4.78 is 15.9. The van der Waals surface area contributed by atoms with Crippen molar-refractivity contribution >= 4 is 39.7 Å². The number of halogens is 1. The number of allylic oxidation sites excluding steroid dienone is 1. The molecule has 4 aliphatic rings. The zero-order chi connectivity index (χ0) is 28.7. The lowest BCUT2D eigenvalue weighted by atomic mass is 9.68. The van der Waals surface area contributed by atoms with Crippen LogP contribution in [0.25, 0.3) is 0 Å². The molecular weight excluding hydrogens is 552 g/mol. The van der Waals surface area contributed by atoms with Crippen molar-refractivity contribution in [1.29, 1.82) is 0 Å². The van der Waals surface area contributed by atoms with Gasteiger partial charge in [0.25, 0.3) is 5.91 Å². The lowest BCUT2D eigenvalue weighted by Crippen LogP contribution is -2.49. The van der Waals surface area contributed by atoms with Crippen LogP contribution >= 0.6 is 22.3 Å². The van der Waals surface area contributed by atoms with Crippen LogP contribution in [0, 0.1) is 17.8 Å². The lowest BCUT2D eigenvalue weighted by Gasteiger charge is -2.46. The molecule has 2 aliphatic carbocycles. The molecule has 1 saturated carbocycles. The zero-order valence-corrected chi connectivity index (χ0v) is 26.1. The molecule has 2 bridgehead atoms. The number of carbonyl (C=O) groups excluding carboxylic acids is 1. The molecule has 2 aliphatic heterocycles. The van der Waals surface area contributed by atoms with Crippen LogP contribution in [0.5, 0.6) is 5.75 Å². The van der Waals surface area contributed by atoms with Gasteiger partial charge in [-0.1, -0.05) is 60.2 Å². The number of benzene rings is 2. The topological polar surface area (TPSA) is 50.8 Å². The molecule has 2 heterocycles. The van der Waals surface area contributed by atoms with Gasteiger partial charge in [0.1, 0.15) is 5.75 Å². The fourth-order valence-corrected chi connectivity index (χ4v) is 8.77. The van der Waals surface area contributed by atoms with Gasteiger partial charge in [-0.05, 0) is 97.7 Å². The van der Waals surface area contributed by atoms with E-state index in [0.29, 0.717) is 29.9 Å². The van der Waals surface area contributed by atoms with Gasteiger partial charge in [0.15, 0.2) is 0 Å². The number of nitrogens with one attached hydrogen (secondary N) is 1. The molecule has 2 aromatic carbocycles. The Kier molecular flexibility index (Phi) is 8.28. The van der Waals surface area contributed by atoms with Crippen LogP contribution in [0.15, 0.2) is 48.6 Å². The van der Waals surface area contributed by atoms with E-state index in [1.165, 1.54) is 24.0 Å².